The summed E-state index contributed by atoms with van der Waals surface area (Å²) >= 11 is 0. The Balaban J connectivity index is 1.26. The zero-order valence-corrected chi connectivity index (χ0v) is 14.7. The maximum Gasteiger partial charge on any atom is 0.270 e. The Kier molecular flexibility index (Phi) is 3.74. The monoisotopic (exact) mass is 361 g/mol. The van der Waals surface area contributed by atoms with Crippen LogP contribution in [0, 0.1) is 0 Å². The standard InChI is InChI=1S/C19H19N7O/c27-19(17-9-13-3-1-2-4-16(13)22-17)25-7-5-15(6-8-25)26-12-18(23-24-26)14-10-20-21-11-14/h1-4,9-12,15,22H,5-8H2,(H,20,21). The van der Waals surface area contributed by atoms with Gasteiger partial charge in [-0.3, -0.25) is 9.89 Å². The highest BCUT2D eigenvalue weighted by Gasteiger charge is 2.26. The average molecular weight is 361 g/mol. The van der Waals surface area contributed by atoms with Gasteiger partial charge in [0.25, 0.3) is 5.91 Å². The van der Waals surface area contributed by atoms with Crippen molar-refractivity contribution in [1.82, 2.24) is 35.1 Å². The highest BCUT2D eigenvalue weighted by atomic mass is 16.2. The molecule has 4 aromatic rings. The normalized spacial score (nSPS) is 15.5. The van der Waals surface area contributed by atoms with Crippen molar-refractivity contribution in [2.45, 2.75) is 18.9 Å². The van der Waals surface area contributed by atoms with Crippen molar-refractivity contribution in [2.24, 2.45) is 0 Å². The minimum atomic E-state index is 0.0577. The van der Waals surface area contributed by atoms with Gasteiger partial charge in [-0.1, -0.05) is 23.4 Å². The molecule has 1 aliphatic rings. The first kappa shape index (κ1) is 15.8. The number of fused-ring (bicyclic) bond motifs is 1. The molecule has 27 heavy (non-hydrogen) atoms. The molecule has 1 amide bonds. The molecule has 2 N–H and O–H groups in total. The molecule has 1 aliphatic heterocycles. The number of hydrogen-bond acceptors (Lipinski definition) is 4. The number of aromatic nitrogens is 6. The molecule has 0 spiro atoms. The molecule has 4 heterocycles. The molecule has 0 radical (unpaired) electrons. The Hall–Kier alpha value is -3.42. The third-order valence-electron chi connectivity index (χ3n) is 5.19. The van der Waals surface area contributed by atoms with Gasteiger partial charge < -0.3 is 9.88 Å². The Labute approximate surface area is 155 Å². The molecule has 5 rings (SSSR count). The van der Waals surface area contributed by atoms with E-state index < -0.39 is 0 Å². The van der Waals surface area contributed by atoms with Crippen LogP contribution >= 0.6 is 0 Å². The summed E-state index contributed by atoms with van der Waals surface area (Å²) in [4.78, 5) is 18.0. The maximum atomic E-state index is 12.8. The molecule has 8 heteroatoms. The number of carbonyl (C=O) groups excluding carboxylic acids is 1. The molecule has 8 nitrogen and oxygen atoms in total. The summed E-state index contributed by atoms with van der Waals surface area (Å²) in [7, 11) is 0. The second-order valence-corrected chi connectivity index (χ2v) is 6.86. The number of nitrogens with zero attached hydrogens (tertiary/aromatic N) is 5. The second kappa shape index (κ2) is 6.39. The molecular formula is C19H19N7O. The van der Waals surface area contributed by atoms with Crippen LogP contribution in [0.1, 0.15) is 29.4 Å². The van der Waals surface area contributed by atoms with Crippen LogP contribution < -0.4 is 0 Å². The van der Waals surface area contributed by atoms with Crippen LogP contribution in [0.3, 0.4) is 0 Å². The summed E-state index contributed by atoms with van der Waals surface area (Å²) in [5, 5.41) is 16.3. The Morgan fingerprint density at radius 2 is 2.04 bits per heavy atom. The molecule has 0 unspecified atom stereocenters. The lowest BCUT2D eigenvalue weighted by molar-refractivity contribution is 0.0684. The first-order valence-electron chi connectivity index (χ1n) is 9.06. The molecule has 1 aromatic carbocycles. The highest BCUT2D eigenvalue weighted by Crippen LogP contribution is 2.25. The lowest BCUT2D eigenvalue weighted by Gasteiger charge is -2.31. The van der Waals surface area contributed by atoms with Gasteiger partial charge >= 0.3 is 0 Å². The topological polar surface area (TPSA) is 95.5 Å². The molecule has 3 aromatic heterocycles. The molecule has 1 saturated heterocycles. The van der Waals surface area contributed by atoms with Crippen molar-refractivity contribution >= 4 is 16.8 Å². The van der Waals surface area contributed by atoms with Crippen molar-refractivity contribution < 1.29 is 4.79 Å². The summed E-state index contributed by atoms with van der Waals surface area (Å²) in [5.74, 6) is 0.0577. The van der Waals surface area contributed by atoms with E-state index in [1.165, 1.54) is 0 Å². The number of likely N-dealkylation sites (tertiary alicyclic amines) is 1. The number of amides is 1. The van der Waals surface area contributed by atoms with E-state index in [-0.39, 0.29) is 11.9 Å². The number of H-pyrrole nitrogens is 2. The van der Waals surface area contributed by atoms with E-state index in [1.807, 2.05) is 46.1 Å². The minimum Gasteiger partial charge on any atom is -0.351 e. The Morgan fingerprint density at radius 1 is 1.19 bits per heavy atom. The number of nitrogens with one attached hydrogen (secondary N) is 2. The van der Waals surface area contributed by atoms with Crippen molar-refractivity contribution in [3.63, 3.8) is 0 Å². The van der Waals surface area contributed by atoms with Gasteiger partial charge in [0.1, 0.15) is 11.4 Å². The summed E-state index contributed by atoms with van der Waals surface area (Å²) in [6, 6.07) is 10.1. The summed E-state index contributed by atoms with van der Waals surface area (Å²) in [6.07, 6.45) is 7.21. The number of benzene rings is 1. The zero-order chi connectivity index (χ0) is 18.2. The van der Waals surface area contributed by atoms with Gasteiger partial charge in [-0.2, -0.15) is 5.10 Å². The molecule has 1 fully saturated rings. The van der Waals surface area contributed by atoms with Crippen LogP contribution in [0.4, 0.5) is 0 Å². The zero-order valence-electron chi connectivity index (χ0n) is 14.7. The van der Waals surface area contributed by atoms with Gasteiger partial charge in [0.05, 0.1) is 18.4 Å². The fourth-order valence-electron chi connectivity index (χ4n) is 3.67. The first-order valence-corrected chi connectivity index (χ1v) is 9.06. The van der Waals surface area contributed by atoms with Crippen LogP contribution in [0.2, 0.25) is 0 Å². The first-order chi connectivity index (χ1) is 13.3. The minimum absolute atomic E-state index is 0.0577. The van der Waals surface area contributed by atoms with Crippen LogP contribution in [0.5, 0.6) is 0 Å². The molecule has 0 atom stereocenters. The number of para-hydroxylation sites is 1. The molecular weight excluding hydrogens is 342 g/mol. The van der Waals surface area contributed by atoms with E-state index >= 15 is 0 Å². The molecule has 0 aliphatic carbocycles. The summed E-state index contributed by atoms with van der Waals surface area (Å²) in [6.45, 7) is 1.42. The third kappa shape index (κ3) is 2.88. The number of piperidine rings is 1. The maximum absolute atomic E-state index is 12.8. The van der Waals surface area contributed by atoms with Crippen molar-refractivity contribution in [2.75, 3.05) is 13.1 Å². The predicted octanol–water partition coefficient (Wildman–Crippen LogP) is 2.63. The molecule has 0 bridgehead atoms. The number of carbonyl (C=O) groups is 1. The number of rotatable bonds is 3. The fourth-order valence-corrected chi connectivity index (χ4v) is 3.67. The Morgan fingerprint density at radius 3 is 2.81 bits per heavy atom. The van der Waals surface area contributed by atoms with Crippen molar-refractivity contribution in [3.8, 4) is 11.3 Å². The average Bonchev–Trinajstić information content (AvgIpc) is 3.47. The van der Waals surface area contributed by atoms with E-state index in [0.29, 0.717) is 18.8 Å². The SMILES string of the molecule is O=C(c1cc2ccccc2[nH]1)N1CCC(n2cc(-c3cn[nH]c3)nn2)CC1. The lowest BCUT2D eigenvalue weighted by atomic mass is 10.0. The van der Waals surface area contributed by atoms with E-state index in [9.17, 15) is 4.79 Å². The van der Waals surface area contributed by atoms with Crippen LogP contribution in [-0.2, 0) is 0 Å². The predicted molar refractivity (Wildman–Crippen MR) is 100 cm³/mol. The van der Waals surface area contributed by atoms with Crippen LogP contribution in [-0.4, -0.2) is 54.1 Å². The quantitative estimate of drug-likeness (QED) is 0.586. The number of aromatic amines is 2. The van der Waals surface area contributed by atoms with E-state index in [0.717, 1.165) is 35.0 Å². The molecule has 0 saturated carbocycles. The van der Waals surface area contributed by atoms with Crippen LogP contribution in [0.15, 0.2) is 48.9 Å². The van der Waals surface area contributed by atoms with Gasteiger partial charge in [-0.15, -0.1) is 5.10 Å². The largest absolute Gasteiger partial charge is 0.351 e. The van der Waals surface area contributed by atoms with Crippen LogP contribution in [0.25, 0.3) is 22.2 Å². The van der Waals surface area contributed by atoms with Gasteiger partial charge in [-0.25, -0.2) is 4.68 Å². The van der Waals surface area contributed by atoms with E-state index in [4.69, 9.17) is 0 Å². The third-order valence-corrected chi connectivity index (χ3v) is 5.19. The van der Waals surface area contributed by atoms with Gasteiger partial charge in [0.15, 0.2) is 0 Å². The highest BCUT2D eigenvalue weighted by molar-refractivity contribution is 5.98. The fraction of sp³-hybridized carbons (Fsp3) is 0.263. The van der Waals surface area contributed by atoms with Gasteiger partial charge in [0.2, 0.25) is 0 Å². The summed E-state index contributed by atoms with van der Waals surface area (Å²) in [5.41, 5.74) is 3.37. The smallest absolute Gasteiger partial charge is 0.270 e. The van der Waals surface area contributed by atoms with Gasteiger partial charge in [0, 0.05) is 35.8 Å². The second-order valence-electron chi connectivity index (χ2n) is 6.86. The van der Waals surface area contributed by atoms with Crippen molar-refractivity contribution in [1.29, 1.82) is 0 Å². The van der Waals surface area contributed by atoms with E-state index in [2.05, 4.69) is 25.5 Å². The van der Waals surface area contributed by atoms with Crippen molar-refractivity contribution in [3.05, 3.63) is 54.6 Å². The van der Waals surface area contributed by atoms with E-state index in [1.54, 1.807) is 12.4 Å². The summed E-state index contributed by atoms with van der Waals surface area (Å²) < 4.78 is 1.91. The molecule has 136 valence electrons. The Bertz CT molecular complexity index is 1040. The lowest BCUT2D eigenvalue weighted by Crippen LogP contribution is -2.39. The van der Waals surface area contributed by atoms with Gasteiger partial charge in [-0.05, 0) is 25.0 Å². The number of hydrogen-bond donors (Lipinski definition) is 2.